The van der Waals surface area contributed by atoms with Crippen molar-refractivity contribution in [2.45, 2.75) is 13.5 Å². The molecule has 2 aromatic rings. The molecule has 0 unspecified atom stereocenters. The Morgan fingerprint density at radius 3 is 2.35 bits per heavy atom. The molecule has 3 N–H and O–H groups in total. The maximum atomic E-state index is 9.96. The molecule has 0 aliphatic rings. The molecule has 6 heteroatoms. The summed E-state index contributed by atoms with van der Waals surface area (Å²) in [7, 11) is -2.51. The van der Waals surface area contributed by atoms with Gasteiger partial charge in [0.2, 0.25) is 0 Å². The summed E-state index contributed by atoms with van der Waals surface area (Å²) in [6.45, 7) is 2.14. The summed E-state index contributed by atoms with van der Waals surface area (Å²) in [5, 5.41) is 28.2. The van der Waals surface area contributed by atoms with Crippen LogP contribution in [0, 0.1) is 6.92 Å². The fourth-order valence-corrected chi connectivity index (χ4v) is 1.94. The van der Waals surface area contributed by atoms with E-state index in [9.17, 15) is 5.02 Å². The minimum atomic E-state index is -1.50. The Hall–Kier alpha value is -1.59. The van der Waals surface area contributed by atoms with Gasteiger partial charge in [0, 0.05) is 0 Å². The Balaban J connectivity index is 1.99. The monoisotopic (exact) mass is 270 g/mol. The number of hydrogen-bond acceptors (Lipinski definition) is 4. The molecule has 2 aromatic carbocycles. The van der Waals surface area contributed by atoms with E-state index in [1.54, 1.807) is 30.3 Å². The van der Waals surface area contributed by atoms with Crippen molar-refractivity contribution in [2.75, 3.05) is 0 Å². The maximum absolute atomic E-state index is 9.96. The molecule has 0 atom stereocenters. The van der Waals surface area contributed by atoms with Crippen LogP contribution in [0.3, 0.4) is 0 Å². The fourth-order valence-electron chi connectivity index (χ4n) is 1.94. The average molecular weight is 270 g/mol. The quantitative estimate of drug-likeness (QED) is 0.645. The summed E-state index contributed by atoms with van der Waals surface area (Å²) in [5.74, 6) is 0. The highest BCUT2D eigenvalue weighted by Crippen LogP contribution is 2.02. The zero-order chi connectivity index (χ0) is 14.5. The molecule has 0 saturated heterocycles. The van der Waals surface area contributed by atoms with E-state index in [4.69, 9.17) is 14.7 Å². The number of rotatable bonds is 5. The van der Waals surface area contributed by atoms with Crippen LogP contribution in [-0.4, -0.2) is 29.3 Å². The van der Waals surface area contributed by atoms with E-state index in [0.29, 0.717) is 10.9 Å². The first-order valence-electron chi connectivity index (χ1n) is 6.37. The van der Waals surface area contributed by atoms with Crippen molar-refractivity contribution in [1.82, 2.24) is 0 Å². The lowest BCUT2D eigenvalue weighted by Crippen LogP contribution is -2.34. The van der Waals surface area contributed by atoms with Gasteiger partial charge in [0.1, 0.15) is 0 Å². The highest BCUT2D eigenvalue weighted by Gasteiger charge is 2.17. The molecular weight excluding hydrogens is 254 g/mol. The molecule has 0 aliphatic carbocycles. The number of benzene rings is 2. The summed E-state index contributed by atoms with van der Waals surface area (Å²) in [5.41, 5.74) is 2.91. The summed E-state index contributed by atoms with van der Waals surface area (Å²) < 4.78 is 5.40. The van der Waals surface area contributed by atoms with Crippen LogP contribution in [0.15, 0.2) is 48.5 Å². The lowest BCUT2D eigenvalue weighted by Gasteiger charge is -2.10. The lowest BCUT2D eigenvalue weighted by atomic mass is 9.78. The molecule has 0 spiro atoms. The first-order valence-corrected chi connectivity index (χ1v) is 6.37. The Morgan fingerprint density at radius 2 is 1.65 bits per heavy atom. The third-order valence-electron chi connectivity index (χ3n) is 2.98. The van der Waals surface area contributed by atoms with Crippen LogP contribution in [0.2, 0.25) is 0 Å². The zero-order valence-electron chi connectivity index (χ0n) is 11.2. The second kappa shape index (κ2) is 6.72. The van der Waals surface area contributed by atoms with Gasteiger partial charge in [-0.05, 0) is 23.4 Å². The van der Waals surface area contributed by atoms with Gasteiger partial charge in [0.15, 0.2) is 0 Å². The second-order valence-corrected chi connectivity index (χ2v) is 4.70. The third kappa shape index (κ3) is 3.95. The molecule has 20 heavy (non-hydrogen) atoms. The minimum Gasteiger partial charge on any atom is -0.423 e. The highest BCUT2D eigenvalue weighted by molar-refractivity contribution is 6.60. The van der Waals surface area contributed by atoms with Crippen LogP contribution in [0.25, 0.3) is 0 Å². The van der Waals surface area contributed by atoms with E-state index in [1.165, 1.54) is 0 Å². The van der Waals surface area contributed by atoms with Crippen molar-refractivity contribution in [3.63, 3.8) is 0 Å². The predicted octanol–water partition coefficient (Wildman–Crippen LogP) is -0.421. The van der Waals surface area contributed by atoms with Crippen LogP contribution in [0.1, 0.15) is 11.1 Å². The van der Waals surface area contributed by atoms with Gasteiger partial charge < -0.3 is 19.7 Å². The van der Waals surface area contributed by atoms with Gasteiger partial charge in [0.05, 0.1) is 6.61 Å². The normalized spacial score (nSPS) is 10.4. The Morgan fingerprint density at radius 1 is 0.950 bits per heavy atom. The maximum Gasteiger partial charge on any atom is 0.491 e. The van der Waals surface area contributed by atoms with Crippen LogP contribution < -0.4 is 10.9 Å². The van der Waals surface area contributed by atoms with Crippen molar-refractivity contribution in [3.8, 4) is 0 Å². The van der Waals surface area contributed by atoms with Crippen molar-refractivity contribution in [1.29, 1.82) is 0 Å². The van der Waals surface area contributed by atoms with E-state index in [0.717, 1.165) is 11.1 Å². The van der Waals surface area contributed by atoms with Crippen molar-refractivity contribution < 1.29 is 19.7 Å². The molecule has 4 nitrogen and oxygen atoms in total. The molecule has 0 aromatic heterocycles. The van der Waals surface area contributed by atoms with Gasteiger partial charge in [-0.2, -0.15) is 0 Å². The zero-order valence-corrected chi connectivity index (χ0v) is 11.2. The average Bonchev–Trinajstić information content (AvgIpc) is 2.45. The predicted molar refractivity (Wildman–Crippen MR) is 79.8 cm³/mol. The molecule has 0 aliphatic heterocycles. The van der Waals surface area contributed by atoms with Gasteiger partial charge in [0.25, 0.3) is 0 Å². The van der Waals surface area contributed by atoms with Crippen molar-refractivity contribution in [2.24, 2.45) is 0 Å². The summed E-state index contributed by atoms with van der Waals surface area (Å²) >= 11 is 0. The first kappa shape index (κ1) is 14.8. The van der Waals surface area contributed by atoms with Gasteiger partial charge in [-0.3, -0.25) is 0 Å². The molecule has 0 heterocycles. The minimum absolute atomic E-state index is 0.190. The van der Waals surface area contributed by atoms with E-state index in [2.05, 4.69) is 0 Å². The molecular formula is C14H16B2O4. The SMILES string of the molecule is Cc1cccc(B(O)OCc2cccc(B(O)O)c2)c1. The van der Waals surface area contributed by atoms with Gasteiger partial charge >= 0.3 is 14.2 Å². The smallest absolute Gasteiger partial charge is 0.423 e. The highest BCUT2D eigenvalue weighted by atomic mass is 16.5. The summed E-state index contributed by atoms with van der Waals surface area (Å²) in [6, 6.07) is 14.2. The standard InChI is InChI=1S/C14H16B2O4/c1-11-4-2-7-14(8-11)16(19)20-10-12-5-3-6-13(9-12)15(17)18/h2-9,17-19H,10H2,1H3. The number of hydrogen-bond donors (Lipinski definition) is 3. The molecule has 0 fully saturated rings. The summed E-state index contributed by atoms with van der Waals surface area (Å²) in [6.07, 6.45) is 0. The molecule has 0 bridgehead atoms. The summed E-state index contributed by atoms with van der Waals surface area (Å²) in [4.78, 5) is 0. The van der Waals surface area contributed by atoms with Gasteiger partial charge in [-0.25, -0.2) is 0 Å². The van der Waals surface area contributed by atoms with Crippen LogP contribution in [0.5, 0.6) is 0 Å². The van der Waals surface area contributed by atoms with Crippen LogP contribution in [0.4, 0.5) is 0 Å². The van der Waals surface area contributed by atoms with E-state index < -0.39 is 14.2 Å². The molecule has 0 amide bonds. The third-order valence-corrected chi connectivity index (χ3v) is 2.98. The Kier molecular flexibility index (Phi) is 4.98. The molecule has 2 rings (SSSR count). The first-order chi connectivity index (χ1) is 9.56. The molecule has 0 radical (unpaired) electrons. The molecule has 0 saturated carbocycles. The van der Waals surface area contributed by atoms with Crippen LogP contribution in [-0.2, 0) is 11.3 Å². The topological polar surface area (TPSA) is 69.9 Å². The van der Waals surface area contributed by atoms with Crippen LogP contribution >= 0.6 is 0 Å². The largest absolute Gasteiger partial charge is 0.491 e. The Labute approximate surface area is 118 Å². The molecule has 102 valence electrons. The van der Waals surface area contributed by atoms with Gasteiger partial charge in [-0.1, -0.05) is 54.1 Å². The van der Waals surface area contributed by atoms with E-state index in [-0.39, 0.29) is 6.61 Å². The fraction of sp³-hybridized carbons (Fsp3) is 0.143. The van der Waals surface area contributed by atoms with E-state index >= 15 is 0 Å². The van der Waals surface area contributed by atoms with Crippen molar-refractivity contribution in [3.05, 3.63) is 59.7 Å². The second-order valence-electron chi connectivity index (χ2n) is 4.70. The van der Waals surface area contributed by atoms with Gasteiger partial charge in [-0.15, -0.1) is 0 Å². The van der Waals surface area contributed by atoms with Crippen molar-refractivity contribution >= 4 is 25.2 Å². The van der Waals surface area contributed by atoms with E-state index in [1.807, 2.05) is 25.1 Å². The number of aryl methyl sites for hydroxylation is 1. The Bertz CT molecular complexity index is 575. The lowest BCUT2D eigenvalue weighted by molar-refractivity contribution is 0.259.